The Bertz CT molecular complexity index is 347. The zero-order chi connectivity index (χ0) is 11.4. The second-order valence-electron chi connectivity index (χ2n) is 3.42. The van der Waals surface area contributed by atoms with Gasteiger partial charge in [0, 0.05) is 10.0 Å². The van der Waals surface area contributed by atoms with E-state index < -0.39 is 6.10 Å². The van der Waals surface area contributed by atoms with Crippen LogP contribution >= 0.6 is 15.9 Å². The van der Waals surface area contributed by atoms with Crippen molar-refractivity contribution in [1.82, 2.24) is 0 Å². The molecule has 1 aromatic rings. The minimum Gasteiger partial charge on any atom is -0.486 e. The smallest absolute Gasteiger partial charge is 0.127 e. The average Bonchev–Trinajstić information content (AvgIpc) is 2.17. The highest BCUT2D eigenvalue weighted by Crippen LogP contribution is 2.29. The number of rotatable bonds is 4. The number of hydrogen-bond donors (Lipinski definition) is 1. The highest BCUT2D eigenvalue weighted by atomic mass is 79.9. The molecule has 0 heterocycles. The minimum absolute atomic E-state index is 0.0724. The molecule has 0 aliphatic heterocycles. The van der Waals surface area contributed by atoms with Crippen molar-refractivity contribution in [2.75, 3.05) is 0 Å². The minimum atomic E-state index is -0.537. The zero-order valence-electron chi connectivity index (χ0n) is 8.90. The molecule has 0 saturated carbocycles. The van der Waals surface area contributed by atoms with Gasteiger partial charge < -0.3 is 9.84 Å². The highest BCUT2D eigenvalue weighted by Gasteiger charge is 2.11. The maximum absolute atomic E-state index is 9.56. The molecule has 15 heavy (non-hydrogen) atoms. The SMILES string of the molecule is C=CC(C)Oc1cc(Br)ccc1C(C)O. The first kappa shape index (κ1) is 12.3. The van der Waals surface area contributed by atoms with E-state index in [4.69, 9.17) is 4.74 Å². The molecule has 2 unspecified atom stereocenters. The van der Waals surface area contributed by atoms with Gasteiger partial charge in [0.05, 0.1) is 6.10 Å². The van der Waals surface area contributed by atoms with Crippen LogP contribution in [0.25, 0.3) is 0 Å². The van der Waals surface area contributed by atoms with E-state index in [2.05, 4.69) is 22.5 Å². The van der Waals surface area contributed by atoms with Crippen LogP contribution in [0.1, 0.15) is 25.5 Å². The second kappa shape index (κ2) is 5.33. The number of ether oxygens (including phenoxy) is 1. The molecule has 0 aromatic heterocycles. The lowest BCUT2D eigenvalue weighted by molar-refractivity contribution is 0.187. The van der Waals surface area contributed by atoms with Crippen LogP contribution in [-0.2, 0) is 0 Å². The predicted molar refractivity (Wildman–Crippen MR) is 65.1 cm³/mol. The molecule has 2 nitrogen and oxygen atoms in total. The lowest BCUT2D eigenvalue weighted by Gasteiger charge is -2.16. The first-order valence-corrected chi connectivity index (χ1v) is 5.60. The number of aliphatic hydroxyl groups is 1. The third kappa shape index (κ3) is 3.36. The predicted octanol–water partition coefficient (Wildman–Crippen LogP) is 3.46. The molecule has 0 radical (unpaired) electrons. The molecule has 1 N–H and O–H groups in total. The number of halogens is 1. The van der Waals surface area contributed by atoms with Crippen molar-refractivity contribution in [1.29, 1.82) is 0 Å². The second-order valence-corrected chi connectivity index (χ2v) is 4.33. The maximum Gasteiger partial charge on any atom is 0.127 e. The van der Waals surface area contributed by atoms with Gasteiger partial charge in [-0.05, 0) is 26.0 Å². The van der Waals surface area contributed by atoms with Gasteiger partial charge >= 0.3 is 0 Å². The van der Waals surface area contributed by atoms with Gasteiger partial charge in [0.25, 0.3) is 0 Å². The van der Waals surface area contributed by atoms with Gasteiger partial charge in [0.2, 0.25) is 0 Å². The Morgan fingerprint density at radius 3 is 2.67 bits per heavy atom. The summed E-state index contributed by atoms with van der Waals surface area (Å²) in [5, 5.41) is 9.56. The highest BCUT2D eigenvalue weighted by molar-refractivity contribution is 9.10. The third-order valence-corrected chi connectivity index (χ3v) is 2.56. The molecule has 1 rings (SSSR count). The van der Waals surface area contributed by atoms with Gasteiger partial charge in [-0.2, -0.15) is 0 Å². The molecule has 2 atom stereocenters. The molecule has 0 aliphatic carbocycles. The fourth-order valence-corrected chi connectivity index (χ4v) is 1.54. The molecular formula is C12H15BrO2. The Labute approximate surface area is 98.7 Å². The summed E-state index contributed by atoms with van der Waals surface area (Å²) in [6, 6.07) is 5.58. The molecule has 1 aromatic carbocycles. The standard InChI is InChI=1S/C12H15BrO2/c1-4-8(2)15-12-7-10(13)5-6-11(12)9(3)14/h4-9,14H,1H2,2-3H3. The Kier molecular flexibility index (Phi) is 4.36. The Hall–Kier alpha value is -0.800. The van der Waals surface area contributed by atoms with E-state index in [9.17, 15) is 5.11 Å². The first-order valence-electron chi connectivity index (χ1n) is 4.81. The molecule has 0 aliphatic rings. The largest absolute Gasteiger partial charge is 0.486 e. The summed E-state index contributed by atoms with van der Waals surface area (Å²) < 4.78 is 6.56. The average molecular weight is 271 g/mol. The fourth-order valence-electron chi connectivity index (χ4n) is 1.20. The zero-order valence-corrected chi connectivity index (χ0v) is 10.5. The number of hydrogen-bond acceptors (Lipinski definition) is 2. The molecular weight excluding hydrogens is 256 g/mol. The van der Waals surface area contributed by atoms with Crippen LogP contribution in [0.4, 0.5) is 0 Å². The third-order valence-electron chi connectivity index (χ3n) is 2.07. The van der Waals surface area contributed by atoms with Crippen molar-refractivity contribution >= 4 is 15.9 Å². The van der Waals surface area contributed by atoms with Gasteiger partial charge in [-0.1, -0.05) is 34.7 Å². The van der Waals surface area contributed by atoms with Crippen LogP contribution in [0, 0.1) is 0 Å². The fraction of sp³-hybridized carbons (Fsp3) is 0.333. The van der Waals surface area contributed by atoms with Gasteiger partial charge in [-0.3, -0.25) is 0 Å². The lowest BCUT2D eigenvalue weighted by atomic mass is 10.1. The summed E-state index contributed by atoms with van der Waals surface area (Å²) in [5.74, 6) is 0.687. The van der Waals surface area contributed by atoms with Crippen molar-refractivity contribution in [3.8, 4) is 5.75 Å². The van der Waals surface area contributed by atoms with Crippen molar-refractivity contribution in [2.24, 2.45) is 0 Å². The summed E-state index contributed by atoms with van der Waals surface area (Å²) in [7, 11) is 0. The Morgan fingerprint density at radius 2 is 2.13 bits per heavy atom. The van der Waals surface area contributed by atoms with E-state index in [1.807, 2.05) is 25.1 Å². The van der Waals surface area contributed by atoms with Crippen LogP contribution < -0.4 is 4.74 Å². The summed E-state index contributed by atoms with van der Waals surface area (Å²) >= 11 is 3.37. The van der Waals surface area contributed by atoms with Crippen molar-refractivity contribution < 1.29 is 9.84 Å². The summed E-state index contributed by atoms with van der Waals surface area (Å²) in [6.07, 6.45) is 1.11. The number of aliphatic hydroxyl groups excluding tert-OH is 1. The van der Waals surface area contributed by atoms with E-state index in [1.54, 1.807) is 13.0 Å². The van der Waals surface area contributed by atoms with Crippen LogP contribution in [0.15, 0.2) is 35.3 Å². The molecule has 0 spiro atoms. The van der Waals surface area contributed by atoms with E-state index in [0.717, 1.165) is 10.0 Å². The monoisotopic (exact) mass is 270 g/mol. The molecule has 82 valence electrons. The van der Waals surface area contributed by atoms with Gasteiger partial charge in [0.15, 0.2) is 0 Å². The van der Waals surface area contributed by atoms with Gasteiger partial charge in [-0.15, -0.1) is 0 Å². The first-order chi connectivity index (χ1) is 7.04. The summed E-state index contributed by atoms with van der Waals surface area (Å²) in [4.78, 5) is 0. The van der Waals surface area contributed by atoms with Crippen LogP contribution in [0.3, 0.4) is 0 Å². The lowest BCUT2D eigenvalue weighted by Crippen LogP contribution is -2.09. The van der Waals surface area contributed by atoms with E-state index in [1.165, 1.54) is 0 Å². The molecule has 3 heteroatoms. The van der Waals surface area contributed by atoms with Crippen LogP contribution in [0.2, 0.25) is 0 Å². The van der Waals surface area contributed by atoms with Crippen molar-refractivity contribution in [2.45, 2.75) is 26.1 Å². The quantitative estimate of drug-likeness (QED) is 0.850. The molecule has 0 amide bonds. The summed E-state index contributed by atoms with van der Waals surface area (Å²) in [5.41, 5.74) is 0.784. The summed E-state index contributed by atoms with van der Waals surface area (Å²) in [6.45, 7) is 7.27. The van der Waals surface area contributed by atoms with Crippen LogP contribution in [0.5, 0.6) is 5.75 Å². The number of benzene rings is 1. The molecule has 0 bridgehead atoms. The van der Waals surface area contributed by atoms with Gasteiger partial charge in [0.1, 0.15) is 11.9 Å². The van der Waals surface area contributed by atoms with E-state index >= 15 is 0 Å². The normalized spacial score (nSPS) is 14.4. The van der Waals surface area contributed by atoms with E-state index in [-0.39, 0.29) is 6.10 Å². The van der Waals surface area contributed by atoms with Crippen molar-refractivity contribution in [3.05, 3.63) is 40.9 Å². The maximum atomic E-state index is 9.56. The van der Waals surface area contributed by atoms with Crippen molar-refractivity contribution in [3.63, 3.8) is 0 Å². The molecule has 0 fully saturated rings. The Morgan fingerprint density at radius 1 is 1.47 bits per heavy atom. The topological polar surface area (TPSA) is 29.5 Å². The molecule has 0 saturated heterocycles. The van der Waals surface area contributed by atoms with Crippen LogP contribution in [-0.4, -0.2) is 11.2 Å². The Balaban J connectivity index is 3.01. The van der Waals surface area contributed by atoms with Gasteiger partial charge in [-0.25, -0.2) is 0 Å². The van der Waals surface area contributed by atoms with E-state index in [0.29, 0.717) is 5.75 Å².